The minimum absolute atomic E-state index is 0.150. The highest BCUT2D eigenvalue weighted by atomic mass is 16.3. The molecule has 1 saturated carbocycles. The lowest BCUT2D eigenvalue weighted by atomic mass is 9.86. The van der Waals surface area contributed by atoms with Crippen LogP contribution in [-0.2, 0) is 0 Å². The van der Waals surface area contributed by atoms with Crippen LogP contribution < -0.4 is 5.32 Å². The number of hydrogen-bond donors (Lipinski definition) is 2. The summed E-state index contributed by atoms with van der Waals surface area (Å²) < 4.78 is 0. The molecule has 1 aliphatic rings. The lowest BCUT2D eigenvalue weighted by Gasteiger charge is -2.37. The fourth-order valence-electron chi connectivity index (χ4n) is 3.30. The molecule has 2 N–H and O–H groups in total. The van der Waals surface area contributed by atoms with Crippen molar-refractivity contribution < 1.29 is 5.11 Å². The molecule has 0 amide bonds. The van der Waals surface area contributed by atoms with E-state index in [9.17, 15) is 5.11 Å². The van der Waals surface area contributed by atoms with E-state index in [0.29, 0.717) is 6.04 Å². The highest BCUT2D eigenvalue weighted by Crippen LogP contribution is 2.27. The van der Waals surface area contributed by atoms with Gasteiger partial charge in [0.2, 0.25) is 0 Å². The maximum atomic E-state index is 9.62. The van der Waals surface area contributed by atoms with Crippen LogP contribution in [0.3, 0.4) is 0 Å². The first-order chi connectivity index (χ1) is 8.86. The van der Waals surface area contributed by atoms with Gasteiger partial charge in [0.05, 0.1) is 6.61 Å². The second-order valence-electron chi connectivity index (χ2n) is 7.17. The minimum atomic E-state index is -0.150. The molecule has 0 aliphatic heterocycles. The summed E-state index contributed by atoms with van der Waals surface area (Å²) >= 11 is 0. The van der Waals surface area contributed by atoms with Crippen molar-refractivity contribution in [2.75, 3.05) is 20.2 Å². The van der Waals surface area contributed by atoms with Crippen molar-refractivity contribution in [2.45, 2.75) is 77.4 Å². The van der Waals surface area contributed by atoms with E-state index in [1.54, 1.807) is 0 Å². The summed E-state index contributed by atoms with van der Waals surface area (Å²) in [6, 6.07) is 1.16. The molecule has 3 atom stereocenters. The van der Waals surface area contributed by atoms with Gasteiger partial charge in [0, 0.05) is 17.6 Å². The van der Waals surface area contributed by atoms with E-state index in [2.05, 4.69) is 45.0 Å². The standard InChI is InChI=1S/C16H34N2O/c1-13(2)17-16(4,12-19)9-10-18(5)15-8-6-7-14(3)11-15/h13-15,17,19H,6-12H2,1-5H3. The summed E-state index contributed by atoms with van der Waals surface area (Å²) in [4.78, 5) is 2.51. The maximum absolute atomic E-state index is 9.62. The molecule has 3 unspecified atom stereocenters. The average molecular weight is 270 g/mol. The minimum Gasteiger partial charge on any atom is -0.394 e. The first-order valence-corrected chi connectivity index (χ1v) is 7.95. The van der Waals surface area contributed by atoms with Crippen molar-refractivity contribution in [3.05, 3.63) is 0 Å². The summed E-state index contributed by atoms with van der Waals surface area (Å²) in [6.07, 6.45) is 6.45. The van der Waals surface area contributed by atoms with Crippen LogP contribution in [0.1, 0.15) is 59.8 Å². The Bertz CT molecular complexity index is 257. The Labute approximate surface area is 119 Å². The molecule has 1 aliphatic carbocycles. The van der Waals surface area contributed by atoms with Crippen LogP contribution in [0, 0.1) is 5.92 Å². The fraction of sp³-hybridized carbons (Fsp3) is 1.00. The summed E-state index contributed by atoms with van der Waals surface area (Å²) in [5, 5.41) is 13.1. The summed E-state index contributed by atoms with van der Waals surface area (Å²) in [6.45, 7) is 10.1. The van der Waals surface area contributed by atoms with Gasteiger partial charge in [-0.3, -0.25) is 0 Å². The van der Waals surface area contributed by atoms with Crippen LogP contribution in [0.2, 0.25) is 0 Å². The van der Waals surface area contributed by atoms with E-state index in [0.717, 1.165) is 24.9 Å². The van der Waals surface area contributed by atoms with Crippen molar-refractivity contribution in [3.63, 3.8) is 0 Å². The highest BCUT2D eigenvalue weighted by Gasteiger charge is 2.27. The van der Waals surface area contributed by atoms with Crippen LogP contribution in [-0.4, -0.2) is 47.8 Å². The van der Waals surface area contributed by atoms with Crippen LogP contribution in [0.15, 0.2) is 0 Å². The van der Waals surface area contributed by atoms with Gasteiger partial charge in [0.15, 0.2) is 0 Å². The van der Waals surface area contributed by atoms with Crippen molar-refractivity contribution in [2.24, 2.45) is 5.92 Å². The third kappa shape index (κ3) is 5.80. The van der Waals surface area contributed by atoms with Crippen molar-refractivity contribution in [1.29, 1.82) is 0 Å². The quantitative estimate of drug-likeness (QED) is 0.746. The number of aliphatic hydroxyl groups is 1. The van der Waals surface area contributed by atoms with Gasteiger partial charge in [0.1, 0.15) is 0 Å². The first-order valence-electron chi connectivity index (χ1n) is 7.95. The number of nitrogens with one attached hydrogen (secondary N) is 1. The van der Waals surface area contributed by atoms with Gasteiger partial charge in [-0.25, -0.2) is 0 Å². The molecule has 3 nitrogen and oxygen atoms in total. The number of rotatable bonds is 7. The van der Waals surface area contributed by atoms with Crippen molar-refractivity contribution >= 4 is 0 Å². The number of aliphatic hydroxyl groups excluding tert-OH is 1. The van der Waals surface area contributed by atoms with E-state index in [4.69, 9.17) is 0 Å². The lowest BCUT2D eigenvalue weighted by Crippen LogP contribution is -2.51. The van der Waals surface area contributed by atoms with Crippen LogP contribution in [0.5, 0.6) is 0 Å². The Morgan fingerprint density at radius 3 is 2.58 bits per heavy atom. The second-order valence-corrected chi connectivity index (χ2v) is 7.17. The van der Waals surface area contributed by atoms with E-state index in [1.165, 1.54) is 25.7 Å². The predicted molar refractivity (Wildman–Crippen MR) is 82.4 cm³/mol. The number of hydrogen-bond acceptors (Lipinski definition) is 3. The molecule has 0 aromatic heterocycles. The molecule has 0 bridgehead atoms. The van der Waals surface area contributed by atoms with Crippen LogP contribution >= 0.6 is 0 Å². The van der Waals surface area contributed by atoms with Gasteiger partial charge in [0.25, 0.3) is 0 Å². The van der Waals surface area contributed by atoms with Gasteiger partial charge in [-0.2, -0.15) is 0 Å². The third-order valence-corrected chi connectivity index (χ3v) is 4.53. The Kier molecular flexibility index (Phi) is 6.78. The highest BCUT2D eigenvalue weighted by molar-refractivity contribution is 4.86. The molecule has 0 heterocycles. The Hall–Kier alpha value is -0.120. The van der Waals surface area contributed by atoms with E-state index < -0.39 is 0 Å². The zero-order chi connectivity index (χ0) is 14.5. The fourth-order valence-corrected chi connectivity index (χ4v) is 3.30. The molecule has 0 aromatic carbocycles. The lowest BCUT2D eigenvalue weighted by molar-refractivity contribution is 0.116. The van der Waals surface area contributed by atoms with Crippen LogP contribution in [0.25, 0.3) is 0 Å². The van der Waals surface area contributed by atoms with Crippen LogP contribution in [0.4, 0.5) is 0 Å². The molecule has 1 fully saturated rings. The Morgan fingerprint density at radius 1 is 1.37 bits per heavy atom. The zero-order valence-corrected chi connectivity index (χ0v) is 13.6. The summed E-state index contributed by atoms with van der Waals surface area (Å²) in [5.74, 6) is 0.874. The maximum Gasteiger partial charge on any atom is 0.0611 e. The van der Waals surface area contributed by atoms with Gasteiger partial charge in [-0.05, 0) is 45.7 Å². The molecule has 0 radical (unpaired) electrons. The SMILES string of the molecule is CC1CCCC(N(C)CCC(C)(CO)NC(C)C)C1. The van der Waals surface area contributed by atoms with Crippen molar-refractivity contribution in [3.8, 4) is 0 Å². The zero-order valence-electron chi connectivity index (χ0n) is 13.6. The average Bonchev–Trinajstić information content (AvgIpc) is 2.35. The molecular formula is C16H34N2O. The molecule has 0 spiro atoms. The molecular weight excluding hydrogens is 236 g/mol. The molecule has 1 rings (SSSR count). The summed E-state index contributed by atoms with van der Waals surface area (Å²) in [7, 11) is 2.25. The van der Waals surface area contributed by atoms with Gasteiger partial charge >= 0.3 is 0 Å². The van der Waals surface area contributed by atoms with E-state index >= 15 is 0 Å². The van der Waals surface area contributed by atoms with E-state index in [-0.39, 0.29) is 12.1 Å². The molecule has 19 heavy (non-hydrogen) atoms. The molecule has 0 aromatic rings. The van der Waals surface area contributed by atoms with Gasteiger partial charge in [-0.1, -0.05) is 33.6 Å². The third-order valence-electron chi connectivity index (χ3n) is 4.53. The molecule has 0 saturated heterocycles. The smallest absolute Gasteiger partial charge is 0.0611 e. The number of nitrogens with zero attached hydrogens (tertiary/aromatic N) is 1. The van der Waals surface area contributed by atoms with E-state index in [1.807, 2.05) is 0 Å². The monoisotopic (exact) mass is 270 g/mol. The second kappa shape index (κ2) is 7.61. The largest absolute Gasteiger partial charge is 0.394 e. The van der Waals surface area contributed by atoms with Gasteiger partial charge < -0.3 is 15.3 Å². The molecule has 114 valence electrons. The summed E-state index contributed by atoms with van der Waals surface area (Å²) in [5.41, 5.74) is -0.150. The Morgan fingerprint density at radius 2 is 2.05 bits per heavy atom. The first kappa shape index (κ1) is 16.9. The topological polar surface area (TPSA) is 35.5 Å². The van der Waals surface area contributed by atoms with Crippen molar-refractivity contribution in [1.82, 2.24) is 10.2 Å². The predicted octanol–water partition coefficient (Wildman–Crippen LogP) is 2.64. The molecule has 3 heteroatoms. The Balaban J connectivity index is 2.40. The van der Waals surface area contributed by atoms with Gasteiger partial charge in [-0.15, -0.1) is 0 Å². The normalized spacial score (nSPS) is 27.8.